The second kappa shape index (κ2) is 8.77. The number of hydrogen-bond acceptors (Lipinski definition) is 4. The summed E-state index contributed by atoms with van der Waals surface area (Å²) in [6.07, 6.45) is 3.30. The molecule has 6 nitrogen and oxygen atoms in total. The maximum Gasteiger partial charge on any atom is 0.275 e. The largest absolute Gasteiger partial charge is 0.494 e. The van der Waals surface area contributed by atoms with Gasteiger partial charge in [-0.25, -0.2) is 0 Å². The molecule has 2 aromatic heterocycles. The van der Waals surface area contributed by atoms with Crippen molar-refractivity contribution >= 4 is 39.1 Å². The lowest BCUT2D eigenvalue weighted by molar-refractivity contribution is -0.128. The molecule has 1 fully saturated rings. The first kappa shape index (κ1) is 23.0. The summed E-state index contributed by atoms with van der Waals surface area (Å²) in [4.78, 5) is 29.6. The molecule has 0 saturated heterocycles. The summed E-state index contributed by atoms with van der Waals surface area (Å²) < 4.78 is 8.68. The van der Waals surface area contributed by atoms with Crippen LogP contribution < -0.4 is 15.0 Å². The Morgan fingerprint density at radius 3 is 2.71 bits per heavy atom. The summed E-state index contributed by atoms with van der Waals surface area (Å²) >= 11 is 1.62. The van der Waals surface area contributed by atoms with Gasteiger partial charge in [-0.3, -0.25) is 14.5 Å². The highest BCUT2D eigenvalue weighted by Gasteiger charge is 2.49. The van der Waals surface area contributed by atoms with E-state index < -0.39 is 5.54 Å². The van der Waals surface area contributed by atoms with Crippen molar-refractivity contribution in [2.24, 2.45) is 11.8 Å². The van der Waals surface area contributed by atoms with E-state index in [0.717, 1.165) is 28.8 Å². The summed E-state index contributed by atoms with van der Waals surface area (Å²) in [5, 5.41) is 5.39. The van der Waals surface area contributed by atoms with E-state index in [2.05, 4.69) is 19.2 Å². The highest BCUT2D eigenvalue weighted by Crippen LogP contribution is 2.38. The number of ether oxygens (including phenoxy) is 1. The van der Waals surface area contributed by atoms with E-state index in [1.807, 2.05) is 60.2 Å². The number of nitrogens with one attached hydrogen (secondary N) is 1. The van der Waals surface area contributed by atoms with Gasteiger partial charge in [0.05, 0.1) is 23.4 Å². The van der Waals surface area contributed by atoms with Gasteiger partial charge in [0, 0.05) is 11.7 Å². The van der Waals surface area contributed by atoms with Gasteiger partial charge < -0.3 is 14.6 Å². The fourth-order valence-corrected chi connectivity index (χ4v) is 6.41. The Balaban J connectivity index is 1.55. The molecule has 2 aliphatic rings. The molecule has 1 saturated carbocycles. The topological polar surface area (TPSA) is 63.6 Å². The minimum atomic E-state index is -1.06. The monoisotopic (exact) mass is 479 g/mol. The maximum atomic E-state index is 14.0. The summed E-state index contributed by atoms with van der Waals surface area (Å²) in [7, 11) is 0. The molecule has 3 heterocycles. The number of rotatable bonds is 5. The fourth-order valence-electron chi connectivity index (χ4n) is 5.59. The van der Waals surface area contributed by atoms with Gasteiger partial charge in [-0.1, -0.05) is 26.7 Å². The molecule has 180 valence electrons. The van der Waals surface area contributed by atoms with Crippen LogP contribution in [-0.2, 0) is 11.3 Å². The third-order valence-electron chi connectivity index (χ3n) is 7.82. The van der Waals surface area contributed by atoms with Crippen LogP contribution in [0.5, 0.6) is 5.75 Å². The van der Waals surface area contributed by atoms with Crippen molar-refractivity contribution in [2.75, 3.05) is 11.5 Å². The molecule has 0 unspecified atom stereocenters. The number of fused-ring (bicyclic) bond motifs is 3. The van der Waals surface area contributed by atoms with Gasteiger partial charge in [-0.2, -0.15) is 0 Å². The number of carbonyl (C=O) groups is 2. The Kier molecular flexibility index (Phi) is 5.92. The van der Waals surface area contributed by atoms with E-state index in [-0.39, 0.29) is 17.9 Å². The van der Waals surface area contributed by atoms with Crippen LogP contribution in [0, 0.1) is 11.8 Å². The number of benzene rings is 1. The first-order chi connectivity index (χ1) is 16.3. The smallest absolute Gasteiger partial charge is 0.275 e. The molecule has 4 atom stereocenters. The number of thiophene rings is 1. The van der Waals surface area contributed by atoms with Gasteiger partial charge in [-0.05, 0) is 73.9 Å². The van der Waals surface area contributed by atoms with E-state index >= 15 is 0 Å². The van der Waals surface area contributed by atoms with Crippen molar-refractivity contribution in [1.29, 1.82) is 0 Å². The molecule has 1 aliphatic carbocycles. The Hall–Kier alpha value is -2.80. The van der Waals surface area contributed by atoms with Crippen molar-refractivity contribution in [3.05, 3.63) is 47.5 Å². The molecule has 2 amide bonds. The van der Waals surface area contributed by atoms with Gasteiger partial charge in [0.25, 0.3) is 5.91 Å². The van der Waals surface area contributed by atoms with E-state index in [1.54, 1.807) is 16.2 Å². The molecule has 1 aliphatic heterocycles. The Labute approximate surface area is 204 Å². The van der Waals surface area contributed by atoms with E-state index in [0.29, 0.717) is 36.4 Å². The summed E-state index contributed by atoms with van der Waals surface area (Å²) in [6, 6.07) is 11.6. The van der Waals surface area contributed by atoms with Crippen LogP contribution in [0.25, 0.3) is 10.2 Å². The SMILES string of the molecule is CCOc1ccc(N2C(=O)c3cc4sccc4n3C[C@]2(C)C(=O)N[C@@H]2CCC[C@@H](C)[C@H]2C)cc1. The zero-order valence-electron chi connectivity index (χ0n) is 20.3. The predicted octanol–water partition coefficient (Wildman–Crippen LogP) is 5.46. The molecule has 1 N–H and O–H groups in total. The fraction of sp³-hybridized carbons (Fsp3) is 0.481. The van der Waals surface area contributed by atoms with Crippen molar-refractivity contribution in [1.82, 2.24) is 9.88 Å². The van der Waals surface area contributed by atoms with E-state index in [4.69, 9.17) is 4.74 Å². The Bertz CT molecular complexity index is 1210. The molecule has 34 heavy (non-hydrogen) atoms. The molecule has 0 radical (unpaired) electrons. The van der Waals surface area contributed by atoms with Crippen molar-refractivity contribution in [2.45, 2.75) is 65.1 Å². The molecular weight excluding hydrogens is 446 g/mol. The highest BCUT2D eigenvalue weighted by molar-refractivity contribution is 7.17. The minimum Gasteiger partial charge on any atom is -0.494 e. The number of amides is 2. The Morgan fingerprint density at radius 1 is 1.21 bits per heavy atom. The number of anilines is 1. The van der Waals surface area contributed by atoms with Crippen LogP contribution in [0.1, 0.15) is 57.4 Å². The number of carbonyl (C=O) groups excluding carboxylic acids is 2. The molecular formula is C27H33N3O3S. The van der Waals surface area contributed by atoms with Gasteiger partial charge in [-0.15, -0.1) is 11.3 Å². The normalized spacial score (nSPS) is 27.0. The predicted molar refractivity (Wildman–Crippen MR) is 137 cm³/mol. The Morgan fingerprint density at radius 2 is 1.97 bits per heavy atom. The van der Waals surface area contributed by atoms with Crippen LogP contribution in [0.15, 0.2) is 41.8 Å². The third-order valence-corrected chi connectivity index (χ3v) is 8.68. The summed E-state index contributed by atoms with van der Waals surface area (Å²) in [5.41, 5.74) is 1.27. The lowest BCUT2D eigenvalue weighted by Crippen LogP contribution is -2.66. The van der Waals surface area contributed by atoms with Gasteiger partial charge in [0.2, 0.25) is 5.91 Å². The van der Waals surface area contributed by atoms with Crippen LogP contribution in [-0.4, -0.2) is 34.6 Å². The van der Waals surface area contributed by atoms with Crippen LogP contribution in [0.3, 0.4) is 0 Å². The molecule has 5 rings (SSSR count). The molecule has 0 spiro atoms. The number of aromatic nitrogens is 1. The van der Waals surface area contributed by atoms with Crippen LogP contribution in [0.2, 0.25) is 0 Å². The van der Waals surface area contributed by atoms with Crippen LogP contribution >= 0.6 is 11.3 Å². The highest BCUT2D eigenvalue weighted by atomic mass is 32.1. The van der Waals surface area contributed by atoms with Crippen molar-refractivity contribution in [3.63, 3.8) is 0 Å². The number of hydrogen-bond donors (Lipinski definition) is 1. The average Bonchev–Trinajstić information content (AvgIpc) is 3.41. The summed E-state index contributed by atoms with van der Waals surface area (Å²) in [6.45, 7) is 9.31. The van der Waals surface area contributed by atoms with Crippen molar-refractivity contribution in [3.8, 4) is 5.75 Å². The average molecular weight is 480 g/mol. The number of nitrogens with zero attached hydrogens (tertiary/aromatic N) is 2. The molecule has 1 aromatic carbocycles. The second-order valence-corrected chi connectivity index (χ2v) is 10.9. The maximum absolute atomic E-state index is 14.0. The first-order valence-corrected chi connectivity index (χ1v) is 13.2. The third kappa shape index (κ3) is 3.70. The van der Waals surface area contributed by atoms with E-state index in [9.17, 15) is 9.59 Å². The molecule has 0 bridgehead atoms. The van der Waals surface area contributed by atoms with Gasteiger partial charge in [0.15, 0.2) is 0 Å². The van der Waals surface area contributed by atoms with E-state index in [1.165, 1.54) is 6.42 Å². The van der Waals surface area contributed by atoms with Crippen molar-refractivity contribution < 1.29 is 14.3 Å². The van der Waals surface area contributed by atoms with Crippen LogP contribution in [0.4, 0.5) is 5.69 Å². The standard InChI is InChI=1S/C27H33N3O3S/c1-5-33-20-11-9-19(10-12-20)30-25(31)23-15-24-22(13-14-34-24)29(23)16-27(30,4)26(32)28-21-8-6-7-17(2)18(21)3/h9-15,17-18,21H,5-8,16H2,1-4H3,(H,28,32)/t17-,18-,21-,27-/m1/s1. The quantitative estimate of drug-likeness (QED) is 0.528. The zero-order valence-corrected chi connectivity index (χ0v) is 21.2. The lowest BCUT2D eigenvalue weighted by atomic mass is 9.77. The second-order valence-electron chi connectivity index (χ2n) is 9.97. The summed E-state index contributed by atoms with van der Waals surface area (Å²) in [5.74, 6) is 1.48. The molecule has 7 heteroatoms. The minimum absolute atomic E-state index is 0.0941. The van der Waals surface area contributed by atoms with Gasteiger partial charge in [0.1, 0.15) is 17.0 Å². The molecule has 3 aromatic rings. The first-order valence-electron chi connectivity index (χ1n) is 12.3. The zero-order chi connectivity index (χ0) is 24.0. The lowest BCUT2D eigenvalue weighted by Gasteiger charge is -2.45. The van der Waals surface area contributed by atoms with Gasteiger partial charge >= 0.3 is 0 Å².